The van der Waals surface area contributed by atoms with Crippen LogP contribution in [-0.2, 0) is 4.74 Å². The minimum absolute atomic E-state index is 0.184. The van der Waals surface area contributed by atoms with E-state index in [-0.39, 0.29) is 12.2 Å². The maximum atomic E-state index is 8.92. The van der Waals surface area contributed by atoms with Crippen LogP contribution in [0.4, 0.5) is 11.4 Å². The minimum Gasteiger partial charge on any atom is -0.397 e. The van der Waals surface area contributed by atoms with Crippen molar-refractivity contribution in [2.45, 2.75) is 26.1 Å². The van der Waals surface area contributed by atoms with Crippen LogP contribution in [0.15, 0.2) is 18.2 Å². The maximum absolute atomic E-state index is 8.92. The van der Waals surface area contributed by atoms with Crippen molar-refractivity contribution >= 4 is 11.4 Å². The zero-order valence-corrected chi connectivity index (χ0v) is 10.2. The molecule has 0 amide bonds. The molecule has 1 fully saturated rings. The molecule has 17 heavy (non-hydrogen) atoms. The quantitative estimate of drug-likeness (QED) is 0.748. The van der Waals surface area contributed by atoms with Crippen molar-refractivity contribution < 1.29 is 4.74 Å². The number of morpholine rings is 1. The first-order valence-electron chi connectivity index (χ1n) is 5.80. The van der Waals surface area contributed by atoms with E-state index in [0.717, 1.165) is 18.8 Å². The van der Waals surface area contributed by atoms with Crippen LogP contribution in [0.5, 0.6) is 0 Å². The lowest BCUT2D eigenvalue weighted by Crippen LogP contribution is -2.45. The number of rotatable bonds is 1. The fraction of sp³-hybridized carbons (Fsp3) is 0.462. The molecule has 2 unspecified atom stereocenters. The topological polar surface area (TPSA) is 62.3 Å². The van der Waals surface area contributed by atoms with Gasteiger partial charge in [0.15, 0.2) is 0 Å². The standard InChI is InChI=1S/C13H17N3O/c1-9-7-16(8-10(2)17-9)13-5-11(6-14)3-4-12(13)15/h3-5,9-10H,7-8,15H2,1-2H3. The third-order valence-corrected chi connectivity index (χ3v) is 2.92. The Kier molecular flexibility index (Phi) is 3.21. The molecule has 2 rings (SSSR count). The third kappa shape index (κ3) is 2.51. The van der Waals surface area contributed by atoms with E-state index >= 15 is 0 Å². The van der Waals surface area contributed by atoms with Gasteiger partial charge in [-0.2, -0.15) is 5.26 Å². The van der Waals surface area contributed by atoms with Crippen LogP contribution in [0.1, 0.15) is 19.4 Å². The van der Waals surface area contributed by atoms with E-state index in [0.29, 0.717) is 11.3 Å². The number of nitrogens with two attached hydrogens (primary N) is 1. The van der Waals surface area contributed by atoms with Crippen LogP contribution >= 0.6 is 0 Å². The molecule has 0 radical (unpaired) electrons. The summed E-state index contributed by atoms with van der Waals surface area (Å²) in [6, 6.07) is 7.52. The van der Waals surface area contributed by atoms with Gasteiger partial charge in [0, 0.05) is 13.1 Å². The first kappa shape index (κ1) is 11.7. The minimum atomic E-state index is 0.184. The average molecular weight is 231 g/mol. The molecule has 0 spiro atoms. The molecule has 0 aliphatic carbocycles. The maximum Gasteiger partial charge on any atom is 0.0992 e. The van der Waals surface area contributed by atoms with Crippen LogP contribution in [-0.4, -0.2) is 25.3 Å². The molecule has 4 nitrogen and oxygen atoms in total. The summed E-state index contributed by atoms with van der Waals surface area (Å²) in [6.07, 6.45) is 0.368. The number of nitriles is 1. The van der Waals surface area contributed by atoms with Gasteiger partial charge in [-0.25, -0.2) is 0 Å². The molecular weight excluding hydrogens is 214 g/mol. The van der Waals surface area contributed by atoms with Gasteiger partial charge in [0.2, 0.25) is 0 Å². The molecule has 1 saturated heterocycles. The molecule has 90 valence electrons. The third-order valence-electron chi connectivity index (χ3n) is 2.92. The van der Waals surface area contributed by atoms with Gasteiger partial charge in [-0.05, 0) is 32.0 Å². The van der Waals surface area contributed by atoms with Gasteiger partial charge in [0.1, 0.15) is 0 Å². The molecule has 0 bridgehead atoms. The Morgan fingerprint density at radius 1 is 1.35 bits per heavy atom. The van der Waals surface area contributed by atoms with E-state index in [9.17, 15) is 0 Å². The lowest BCUT2D eigenvalue weighted by molar-refractivity contribution is -0.00517. The smallest absolute Gasteiger partial charge is 0.0992 e. The summed E-state index contributed by atoms with van der Waals surface area (Å²) in [5.41, 5.74) is 8.26. The highest BCUT2D eigenvalue weighted by Crippen LogP contribution is 2.27. The number of anilines is 2. The molecule has 1 heterocycles. The van der Waals surface area contributed by atoms with Crippen molar-refractivity contribution in [1.82, 2.24) is 0 Å². The monoisotopic (exact) mass is 231 g/mol. The Morgan fingerprint density at radius 3 is 2.59 bits per heavy atom. The van der Waals surface area contributed by atoms with E-state index in [1.165, 1.54) is 0 Å². The van der Waals surface area contributed by atoms with E-state index in [1.807, 2.05) is 19.9 Å². The molecule has 1 aromatic carbocycles. The van der Waals surface area contributed by atoms with Gasteiger partial charge in [0.05, 0.1) is 35.2 Å². The Labute approximate surface area is 102 Å². The van der Waals surface area contributed by atoms with Crippen molar-refractivity contribution in [1.29, 1.82) is 5.26 Å². The van der Waals surface area contributed by atoms with Gasteiger partial charge in [-0.3, -0.25) is 0 Å². The molecule has 1 aliphatic heterocycles. The van der Waals surface area contributed by atoms with E-state index < -0.39 is 0 Å². The number of ether oxygens (including phenoxy) is 1. The summed E-state index contributed by atoms with van der Waals surface area (Å²) in [5.74, 6) is 0. The van der Waals surface area contributed by atoms with Gasteiger partial charge in [-0.1, -0.05) is 0 Å². The van der Waals surface area contributed by atoms with Crippen molar-refractivity contribution in [3.8, 4) is 6.07 Å². The SMILES string of the molecule is CC1CN(c2cc(C#N)ccc2N)CC(C)O1. The summed E-state index contributed by atoms with van der Waals surface area (Å²) < 4.78 is 5.69. The fourth-order valence-electron chi connectivity index (χ4n) is 2.26. The lowest BCUT2D eigenvalue weighted by atomic mass is 10.1. The Morgan fingerprint density at radius 2 is 2.00 bits per heavy atom. The summed E-state index contributed by atoms with van der Waals surface area (Å²) in [5, 5.41) is 8.92. The molecule has 0 saturated carbocycles. The molecule has 0 aromatic heterocycles. The van der Waals surface area contributed by atoms with Crippen molar-refractivity contribution in [2.24, 2.45) is 0 Å². The van der Waals surface area contributed by atoms with E-state index in [2.05, 4.69) is 11.0 Å². The zero-order valence-electron chi connectivity index (χ0n) is 10.2. The van der Waals surface area contributed by atoms with Crippen LogP contribution in [0.3, 0.4) is 0 Å². The lowest BCUT2D eigenvalue weighted by Gasteiger charge is -2.37. The number of nitrogens with zero attached hydrogens (tertiary/aromatic N) is 2. The van der Waals surface area contributed by atoms with Gasteiger partial charge < -0.3 is 15.4 Å². The average Bonchev–Trinajstić information content (AvgIpc) is 2.28. The molecular formula is C13H17N3O. The summed E-state index contributed by atoms with van der Waals surface area (Å²) in [7, 11) is 0. The van der Waals surface area contributed by atoms with Crippen molar-refractivity contribution in [3.63, 3.8) is 0 Å². The Bertz CT molecular complexity index is 442. The van der Waals surface area contributed by atoms with Crippen molar-refractivity contribution in [2.75, 3.05) is 23.7 Å². The summed E-state index contributed by atoms with van der Waals surface area (Å²) in [4.78, 5) is 2.19. The molecule has 1 aliphatic rings. The van der Waals surface area contributed by atoms with Crippen LogP contribution < -0.4 is 10.6 Å². The Hall–Kier alpha value is -1.73. The number of hydrogen-bond donors (Lipinski definition) is 1. The molecule has 2 N–H and O–H groups in total. The van der Waals surface area contributed by atoms with Crippen LogP contribution in [0.25, 0.3) is 0 Å². The second-order valence-electron chi connectivity index (χ2n) is 4.55. The Balaban J connectivity index is 2.30. The second-order valence-corrected chi connectivity index (χ2v) is 4.55. The molecule has 4 heteroatoms. The number of benzene rings is 1. The predicted octanol–water partition coefficient (Wildman–Crippen LogP) is 1.75. The zero-order chi connectivity index (χ0) is 12.4. The van der Waals surface area contributed by atoms with Gasteiger partial charge in [0.25, 0.3) is 0 Å². The fourth-order valence-corrected chi connectivity index (χ4v) is 2.26. The predicted molar refractivity (Wildman–Crippen MR) is 67.8 cm³/mol. The van der Waals surface area contributed by atoms with Crippen molar-refractivity contribution in [3.05, 3.63) is 23.8 Å². The summed E-state index contributed by atoms with van der Waals surface area (Å²) >= 11 is 0. The van der Waals surface area contributed by atoms with Gasteiger partial charge >= 0.3 is 0 Å². The molecule has 1 aromatic rings. The highest BCUT2D eigenvalue weighted by atomic mass is 16.5. The van der Waals surface area contributed by atoms with E-state index in [4.69, 9.17) is 15.7 Å². The van der Waals surface area contributed by atoms with Crippen LogP contribution in [0, 0.1) is 11.3 Å². The number of hydrogen-bond acceptors (Lipinski definition) is 4. The van der Waals surface area contributed by atoms with Gasteiger partial charge in [-0.15, -0.1) is 0 Å². The first-order chi connectivity index (χ1) is 8.10. The highest BCUT2D eigenvalue weighted by Gasteiger charge is 2.23. The largest absolute Gasteiger partial charge is 0.397 e. The number of nitrogen functional groups attached to an aromatic ring is 1. The molecule has 2 atom stereocenters. The first-order valence-corrected chi connectivity index (χ1v) is 5.80. The van der Waals surface area contributed by atoms with Crippen LogP contribution in [0.2, 0.25) is 0 Å². The normalized spacial score (nSPS) is 24.4. The van der Waals surface area contributed by atoms with E-state index in [1.54, 1.807) is 12.1 Å². The summed E-state index contributed by atoms with van der Waals surface area (Å²) in [6.45, 7) is 5.72. The highest BCUT2D eigenvalue weighted by molar-refractivity contribution is 5.70. The second kappa shape index (κ2) is 4.64.